The topological polar surface area (TPSA) is 65.7 Å². The molecule has 0 saturated heterocycles. The average molecular weight is 294 g/mol. The van der Waals surface area contributed by atoms with Crippen LogP contribution in [-0.2, 0) is 4.74 Å². The highest BCUT2D eigenvalue weighted by atomic mass is 16.5. The molecule has 1 aromatic rings. The molecule has 2 atom stereocenters. The summed E-state index contributed by atoms with van der Waals surface area (Å²) in [5.41, 5.74) is 3.94. The Morgan fingerprint density at radius 2 is 1.95 bits per heavy atom. The lowest BCUT2D eigenvalue weighted by Crippen LogP contribution is -2.40. The van der Waals surface area contributed by atoms with E-state index in [1.54, 1.807) is 0 Å². The molecule has 1 aliphatic heterocycles. The van der Waals surface area contributed by atoms with Crippen molar-refractivity contribution >= 4 is 0 Å². The predicted molar refractivity (Wildman–Crippen MR) is 82.4 cm³/mol. The Morgan fingerprint density at radius 1 is 1.24 bits per heavy atom. The van der Waals surface area contributed by atoms with E-state index in [2.05, 4.69) is 19.3 Å². The van der Waals surface area contributed by atoms with E-state index >= 15 is 0 Å². The van der Waals surface area contributed by atoms with Crippen molar-refractivity contribution in [1.29, 1.82) is 0 Å². The zero-order valence-electron chi connectivity index (χ0n) is 13.1. The third-order valence-corrected chi connectivity index (χ3v) is 3.65. The van der Waals surface area contributed by atoms with E-state index in [1.807, 2.05) is 25.1 Å². The van der Waals surface area contributed by atoms with E-state index in [4.69, 9.17) is 20.1 Å². The van der Waals surface area contributed by atoms with Crippen LogP contribution < -0.4 is 20.7 Å². The maximum atomic E-state index is 5.87. The fourth-order valence-electron chi connectivity index (χ4n) is 2.62. The van der Waals surface area contributed by atoms with Gasteiger partial charge in [0.15, 0.2) is 11.5 Å². The fraction of sp³-hybridized carbons (Fsp3) is 0.625. The Bertz CT molecular complexity index is 451. The van der Waals surface area contributed by atoms with E-state index < -0.39 is 0 Å². The molecule has 1 heterocycles. The molecule has 118 valence electrons. The van der Waals surface area contributed by atoms with Crippen LogP contribution in [0.2, 0.25) is 0 Å². The zero-order chi connectivity index (χ0) is 15.2. The molecule has 21 heavy (non-hydrogen) atoms. The first-order chi connectivity index (χ1) is 10.2. The molecule has 0 saturated carbocycles. The number of fused-ring (bicyclic) bond motifs is 1. The van der Waals surface area contributed by atoms with Gasteiger partial charge in [-0.3, -0.25) is 11.3 Å². The van der Waals surface area contributed by atoms with E-state index in [-0.39, 0.29) is 12.1 Å². The summed E-state index contributed by atoms with van der Waals surface area (Å²) in [5, 5.41) is 0. The Kier molecular flexibility index (Phi) is 5.85. The van der Waals surface area contributed by atoms with Crippen molar-refractivity contribution in [2.75, 3.05) is 19.8 Å². The Hall–Kier alpha value is -1.30. The lowest BCUT2D eigenvalue weighted by molar-refractivity contribution is 0.00272. The molecule has 0 aliphatic carbocycles. The second-order valence-electron chi connectivity index (χ2n) is 5.56. The molecule has 0 amide bonds. The number of hydrazine groups is 1. The van der Waals surface area contributed by atoms with Crippen LogP contribution >= 0.6 is 0 Å². The minimum absolute atomic E-state index is 0.00439. The van der Waals surface area contributed by atoms with Crippen LogP contribution in [-0.4, -0.2) is 25.9 Å². The van der Waals surface area contributed by atoms with Crippen molar-refractivity contribution in [3.63, 3.8) is 0 Å². The lowest BCUT2D eigenvalue weighted by atomic mass is 9.93. The first-order valence-corrected chi connectivity index (χ1v) is 7.64. The second-order valence-corrected chi connectivity index (χ2v) is 5.56. The number of nitrogens with one attached hydrogen (secondary N) is 1. The van der Waals surface area contributed by atoms with Crippen molar-refractivity contribution in [3.8, 4) is 11.5 Å². The third kappa shape index (κ3) is 3.87. The minimum Gasteiger partial charge on any atom is -0.490 e. The summed E-state index contributed by atoms with van der Waals surface area (Å²) >= 11 is 0. The van der Waals surface area contributed by atoms with Gasteiger partial charge in [0.25, 0.3) is 0 Å². The molecule has 0 radical (unpaired) electrons. The van der Waals surface area contributed by atoms with E-state index in [1.165, 1.54) is 0 Å². The Morgan fingerprint density at radius 3 is 2.57 bits per heavy atom. The number of nitrogens with two attached hydrogens (primary N) is 1. The van der Waals surface area contributed by atoms with Crippen LogP contribution in [0.25, 0.3) is 0 Å². The molecule has 1 aliphatic rings. The molecular formula is C16H26N2O3. The summed E-state index contributed by atoms with van der Waals surface area (Å²) < 4.78 is 17.3. The fourth-order valence-corrected chi connectivity index (χ4v) is 2.62. The monoisotopic (exact) mass is 294 g/mol. The molecule has 2 rings (SSSR count). The smallest absolute Gasteiger partial charge is 0.161 e. The van der Waals surface area contributed by atoms with Crippen molar-refractivity contribution in [2.24, 2.45) is 11.8 Å². The average Bonchev–Trinajstić information content (AvgIpc) is 2.71. The van der Waals surface area contributed by atoms with Crippen LogP contribution in [0.15, 0.2) is 18.2 Å². The van der Waals surface area contributed by atoms with Crippen molar-refractivity contribution < 1.29 is 14.2 Å². The van der Waals surface area contributed by atoms with Gasteiger partial charge in [0.05, 0.1) is 25.4 Å². The first kappa shape index (κ1) is 16.1. The maximum absolute atomic E-state index is 5.87. The number of hydrogen-bond donors (Lipinski definition) is 2. The van der Waals surface area contributed by atoms with Crippen LogP contribution in [0.4, 0.5) is 0 Å². The van der Waals surface area contributed by atoms with Gasteiger partial charge >= 0.3 is 0 Å². The van der Waals surface area contributed by atoms with Crippen molar-refractivity contribution in [3.05, 3.63) is 23.8 Å². The predicted octanol–water partition coefficient (Wildman–Crippen LogP) is 2.41. The molecule has 3 N–H and O–H groups in total. The van der Waals surface area contributed by atoms with E-state index in [0.29, 0.717) is 25.7 Å². The van der Waals surface area contributed by atoms with Crippen LogP contribution in [0.5, 0.6) is 11.5 Å². The Labute approximate surface area is 126 Å². The maximum Gasteiger partial charge on any atom is 0.161 e. The summed E-state index contributed by atoms with van der Waals surface area (Å²) in [6, 6.07) is 5.89. The van der Waals surface area contributed by atoms with Gasteiger partial charge in [0, 0.05) is 13.0 Å². The van der Waals surface area contributed by atoms with Gasteiger partial charge < -0.3 is 14.2 Å². The molecule has 5 heteroatoms. The quantitative estimate of drug-likeness (QED) is 0.623. The summed E-state index contributed by atoms with van der Waals surface area (Å²) in [6.45, 7) is 8.29. The van der Waals surface area contributed by atoms with Crippen molar-refractivity contribution in [2.45, 2.75) is 39.3 Å². The van der Waals surface area contributed by atoms with Gasteiger partial charge in [-0.15, -0.1) is 0 Å². The highest BCUT2D eigenvalue weighted by molar-refractivity contribution is 5.44. The third-order valence-electron chi connectivity index (χ3n) is 3.65. The minimum atomic E-state index is -0.0814. The van der Waals surface area contributed by atoms with Gasteiger partial charge in [-0.1, -0.05) is 19.9 Å². The van der Waals surface area contributed by atoms with E-state index in [0.717, 1.165) is 23.5 Å². The van der Waals surface area contributed by atoms with Gasteiger partial charge in [-0.2, -0.15) is 0 Å². The molecule has 0 fully saturated rings. The zero-order valence-corrected chi connectivity index (χ0v) is 13.1. The SMILES string of the molecule is CCOC(C(C)C)C(NN)c1ccc2c(c1)OCCCO2. The van der Waals surface area contributed by atoms with Gasteiger partial charge in [-0.05, 0) is 30.5 Å². The van der Waals surface area contributed by atoms with Crippen molar-refractivity contribution in [1.82, 2.24) is 5.43 Å². The molecule has 0 aromatic heterocycles. The number of hydrogen-bond acceptors (Lipinski definition) is 5. The van der Waals surface area contributed by atoms with Crippen LogP contribution in [0, 0.1) is 5.92 Å². The Balaban J connectivity index is 2.27. The first-order valence-electron chi connectivity index (χ1n) is 7.64. The lowest BCUT2D eigenvalue weighted by Gasteiger charge is -2.30. The second kappa shape index (κ2) is 7.64. The summed E-state index contributed by atoms with van der Waals surface area (Å²) in [5.74, 6) is 7.71. The molecule has 1 aromatic carbocycles. The van der Waals surface area contributed by atoms with Gasteiger partial charge in [0.1, 0.15) is 0 Å². The molecule has 5 nitrogen and oxygen atoms in total. The summed E-state index contributed by atoms with van der Waals surface area (Å²) in [7, 11) is 0. The molecule has 0 spiro atoms. The largest absolute Gasteiger partial charge is 0.490 e. The number of rotatable bonds is 6. The highest BCUT2D eigenvalue weighted by Gasteiger charge is 2.26. The van der Waals surface area contributed by atoms with E-state index in [9.17, 15) is 0 Å². The molecule has 0 bridgehead atoms. The molecule has 2 unspecified atom stereocenters. The summed E-state index contributed by atoms with van der Waals surface area (Å²) in [6.07, 6.45) is 0.903. The normalized spacial score (nSPS) is 17.4. The van der Waals surface area contributed by atoms with Crippen LogP contribution in [0.1, 0.15) is 38.8 Å². The summed E-state index contributed by atoms with van der Waals surface area (Å²) in [4.78, 5) is 0. The highest BCUT2D eigenvalue weighted by Crippen LogP contribution is 2.34. The standard InChI is InChI=1S/C16H26N2O3/c1-4-19-16(11(2)3)15(18-17)12-6-7-13-14(10-12)21-9-5-8-20-13/h6-7,10-11,15-16,18H,4-5,8-9,17H2,1-3H3. The van der Waals surface area contributed by atoms with Crippen LogP contribution in [0.3, 0.4) is 0 Å². The van der Waals surface area contributed by atoms with Gasteiger partial charge in [0.2, 0.25) is 0 Å². The van der Waals surface area contributed by atoms with Gasteiger partial charge in [-0.25, -0.2) is 0 Å². The number of benzene rings is 1. The number of ether oxygens (including phenoxy) is 3. The molecular weight excluding hydrogens is 268 g/mol.